The number of phenols is 3. The van der Waals surface area contributed by atoms with Crippen LogP contribution >= 0.6 is 0 Å². The summed E-state index contributed by atoms with van der Waals surface area (Å²) in [4.78, 5) is 75.2. The minimum Gasteiger partial charge on any atom is -0.507 e. The minimum atomic E-state index is -2.16. The van der Waals surface area contributed by atoms with Crippen LogP contribution in [0.15, 0.2) is 64.8 Å². The summed E-state index contributed by atoms with van der Waals surface area (Å²) in [6, 6.07) is 2.71. The molecule has 3 aliphatic heterocycles. The third kappa shape index (κ3) is 9.68. The van der Waals surface area contributed by atoms with Crippen molar-refractivity contribution in [3.63, 3.8) is 0 Å². The number of aldehydes is 1. The van der Waals surface area contributed by atoms with Crippen LogP contribution < -0.4 is 18.9 Å². The molecule has 0 aromatic heterocycles. The molecule has 17 nitrogen and oxygen atoms in total. The predicted octanol–water partition coefficient (Wildman–Crippen LogP) is 10.3. The average Bonchev–Trinajstić information content (AvgIpc) is 3.51. The Bertz CT molecular complexity index is 3050. The second-order valence-corrected chi connectivity index (χ2v) is 20.4. The van der Waals surface area contributed by atoms with Gasteiger partial charge < -0.3 is 54.3 Å². The van der Waals surface area contributed by atoms with E-state index in [1.807, 2.05) is 46.8 Å². The number of aromatic carboxylic acids is 1. The highest BCUT2D eigenvalue weighted by atomic mass is 16.6. The highest BCUT2D eigenvalue weighted by molar-refractivity contribution is 6.17. The lowest BCUT2D eigenvalue weighted by Crippen LogP contribution is -2.66. The van der Waals surface area contributed by atoms with Crippen LogP contribution in [0, 0.1) is 26.7 Å². The van der Waals surface area contributed by atoms with Crippen LogP contribution in [0.3, 0.4) is 0 Å². The molecule has 1 aliphatic carbocycles. The number of ketones is 1. The third-order valence-corrected chi connectivity index (χ3v) is 14.2. The first kappa shape index (κ1) is 55.7. The van der Waals surface area contributed by atoms with Gasteiger partial charge in [-0.15, -0.1) is 0 Å². The molecule has 7 rings (SSSR count). The van der Waals surface area contributed by atoms with Gasteiger partial charge in [0.15, 0.2) is 17.7 Å². The number of ether oxygens (including phenoxy) is 5. The molecule has 4 atom stereocenters. The molecule has 4 aliphatic rings. The summed E-state index contributed by atoms with van der Waals surface area (Å²) < 4.78 is 30.5. The van der Waals surface area contributed by atoms with Gasteiger partial charge in [-0.2, -0.15) is 0 Å². The van der Waals surface area contributed by atoms with E-state index in [4.69, 9.17) is 23.7 Å². The van der Waals surface area contributed by atoms with Gasteiger partial charge in [0, 0.05) is 34.6 Å². The zero-order chi connectivity index (χ0) is 55.2. The quantitative estimate of drug-likeness (QED) is 0.0288. The van der Waals surface area contributed by atoms with Gasteiger partial charge in [0.25, 0.3) is 0 Å². The van der Waals surface area contributed by atoms with Crippen molar-refractivity contribution in [1.29, 1.82) is 0 Å². The number of carboxylic acid groups (broad SMARTS) is 3. The fraction of sp³-hybridized carbons (Fsp3) is 0.404. The van der Waals surface area contributed by atoms with Gasteiger partial charge in [-0.3, -0.25) is 9.59 Å². The maximum atomic E-state index is 14.7. The zero-order valence-electron chi connectivity index (χ0n) is 43.7. The lowest BCUT2D eigenvalue weighted by Gasteiger charge is -2.50. The van der Waals surface area contributed by atoms with Gasteiger partial charge >= 0.3 is 23.9 Å². The fourth-order valence-electron chi connectivity index (χ4n) is 10.4. The van der Waals surface area contributed by atoms with Crippen molar-refractivity contribution in [2.24, 2.45) is 5.92 Å². The molecule has 1 fully saturated rings. The number of hydrogen-bond acceptors (Lipinski definition) is 14. The van der Waals surface area contributed by atoms with Crippen LogP contribution in [0.5, 0.6) is 40.2 Å². The first-order chi connectivity index (χ1) is 34.5. The Balaban J connectivity index is 0.000000280. The topological polar surface area (TPSA) is 270 Å². The van der Waals surface area contributed by atoms with Crippen molar-refractivity contribution in [3.8, 4) is 40.2 Å². The molecular formula is C57H64O17. The van der Waals surface area contributed by atoms with Crippen LogP contribution in [-0.4, -0.2) is 96.1 Å². The van der Waals surface area contributed by atoms with Crippen LogP contribution in [-0.2, 0) is 20.7 Å². The number of allylic oxidation sites excluding steroid dienone is 5. The van der Waals surface area contributed by atoms with Crippen molar-refractivity contribution < 1.29 is 83.1 Å². The second-order valence-electron chi connectivity index (χ2n) is 20.4. The van der Waals surface area contributed by atoms with Crippen molar-refractivity contribution in [2.75, 3.05) is 7.11 Å². The molecule has 0 radical (unpaired) electrons. The van der Waals surface area contributed by atoms with E-state index in [9.17, 15) is 59.4 Å². The molecular weight excluding hydrogens is 957 g/mol. The van der Waals surface area contributed by atoms with Crippen molar-refractivity contribution in [3.05, 3.63) is 115 Å². The molecule has 6 N–H and O–H groups in total. The summed E-state index contributed by atoms with van der Waals surface area (Å²) in [6.07, 6.45) is 13.5. The van der Waals surface area contributed by atoms with Gasteiger partial charge in [-0.25, -0.2) is 19.2 Å². The number of esters is 1. The maximum absolute atomic E-state index is 14.7. The molecule has 3 aromatic rings. The number of Topliss-reactive ketones (excluding diaryl/α,β-unsaturated/α-hetero) is 1. The first-order valence-corrected chi connectivity index (χ1v) is 24.0. The van der Waals surface area contributed by atoms with Gasteiger partial charge in [0.1, 0.15) is 62.5 Å². The van der Waals surface area contributed by atoms with Gasteiger partial charge in [-0.05, 0) is 144 Å². The van der Waals surface area contributed by atoms with E-state index >= 15 is 0 Å². The monoisotopic (exact) mass is 1020 g/mol. The summed E-state index contributed by atoms with van der Waals surface area (Å²) >= 11 is 0. The number of carboxylic acids is 3. The summed E-state index contributed by atoms with van der Waals surface area (Å²) in [7, 11) is 1.31. The second kappa shape index (κ2) is 20.7. The maximum Gasteiger partial charge on any atom is 0.347 e. The number of rotatable bonds is 14. The van der Waals surface area contributed by atoms with Crippen molar-refractivity contribution in [1.82, 2.24) is 0 Å². The molecule has 3 heterocycles. The number of aromatic hydroxyl groups is 3. The zero-order valence-corrected chi connectivity index (χ0v) is 43.7. The predicted molar refractivity (Wildman–Crippen MR) is 272 cm³/mol. The summed E-state index contributed by atoms with van der Waals surface area (Å²) in [5.41, 5.74) is -2.98. The van der Waals surface area contributed by atoms with Crippen molar-refractivity contribution >= 4 is 42.0 Å². The molecule has 0 amide bonds. The Hall–Kier alpha value is -7.66. The third-order valence-electron chi connectivity index (χ3n) is 14.2. The van der Waals surface area contributed by atoms with Crippen LogP contribution in [0.2, 0.25) is 0 Å². The molecule has 74 heavy (non-hydrogen) atoms. The molecule has 0 bridgehead atoms. The van der Waals surface area contributed by atoms with Gasteiger partial charge in [0.05, 0.1) is 23.8 Å². The highest BCUT2D eigenvalue weighted by Crippen LogP contribution is 2.64. The SMILES string of the molecule is CC(C)=CCCC1(C)C=Cc2c(O)c3c(c(CC=C(C)C)c2O1)OC12C(=CCCC1C(C)(C)OC2(CC=C(C)C(=O)O)C(=O)O)C3=O.COc1cc(C)c(C(=O)Oc2cc(C)c(O)c(C(=O)O)c2C)c(O)c1C=O. The van der Waals surface area contributed by atoms with Crippen molar-refractivity contribution in [2.45, 2.75) is 137 Å². The summed E-state index contributed by atoms with van der Waals surface area (Å²) in [5, 5.41) is 61.9. The molecule has 4 unspecified atom stereocenters. The Labute approximate surface area is 429 Å². The molecule has 0 saturated carbocycles. The van der Waals surface area contributed by atoms with Crippen LogP contribution in [0.1, 0.15) is 157 Å². The number of fused-ring (bicyclic) bond motifs is 2. The molecule has 1 saturated heterocycles. The number of carbonyl (C=O) groups excluding carboxylic acids is 3. The van der Waals surface area contributed by atoms with Crippen LogP contribution in [0.25, 0.3) is 6.08 Å². The van der Waals surface area contributed by atoms with E-state index in [-0.39, 0.29) is 73.9 Å². The number of carbonyl (C=O) groups is 6. The first-order valence-electron chi connectivity index (χ1n) is 24.0. The van der Waals surface area contributed by atoms with Crippen LogP contribution in [0.4, 0.5) is 0 Å². The molecule has 17 heteroatoms. The van der Waals surface area contributed by atoms with E-state index in [0.717, 1.165) is 12.0 Å². The minimum absolute atomic E-state index is 0.0407. The smallest absolute Gasteiger partial charge is 0.347 e. The normalized spacial score (nSPS) is 21.8. The average molecular weight is 1020 g/mol. The highest BCUT2D eigenvalue weighted by Gasteiger charge is 2.77. The van der Waals surface area contributed by atoms with E-state index in [1.165, 1.54) is 58.6 Å². The fourth-order valence-corrected chi connectivity index (χ4v) is 10.4. The van der Waals surface area contributed by atoms with Gasteiger partial charge in [0.2, 0.25) is 5.60 Å². The largest absolute Gasteiger partial charge is 0.507 e. The van der Waals surface area contributed by atoms with E-state index in [0.29, 0.717) is 54.4 Å². The lowest BCUT2D eigenvalue weighted by atomic mass is 9.60. The van der Waals surface area contributed by atoms with E-state index < -0.39 is 69.5 Å². The van der Waals surface area contributed by atoms with E-state index in [1.54, 1.807) is 26.0 Å². The molecule has 1 spiro atoms. The summed E-state index contributed by atoms with van der Waals surface area (Å²) in [6.45, 7) is 19.2. The Morgan fingerprint density at radius 2 is 1.47 bits per heavy atom. The number of phenolic OH excluding ortho intramolecular Hbond substituents is 2. The Morgan fingerprint density at radius 3 is 2.05 bits per heavy atom. The van der Waals surface area contributed by atoms with Gasteiger partial charge in [-0.1, -0.05) is 35.5 Å². The number of methoxy groups -OCH3 is 1. The number of aliphatic carboxylic acids is 2. The summed E-state index contributed by atoms with van der Waals surface area (Å²) in [5.74, 6) is -6.91. The number of aryl methyl sites for hydroxylation is 2. The molecule has 3 aromatic carbocycles. The standard InChI is InChI=1S/C38H46O9.C19H18O8/c1-21(2)11-10-18-36(8)19-17-24-29(39)28-30(40)26-12-9-13-27-35(6,7)47-37(34(43)44,20-16-23(5)33(41)42)38(26,27)46-32(28)25(31(24)45-36)15-14-22(3)4;1-8-5-13(26-4)11(7-20)17(22)14(8)19(25)27-12-6-9(2)16(21)15(10(12)3)18(23)24/h11-12,14,16-17,19,27,39H,9-10,13,15,18,20H2,1-8H3,(H,41,42)(H,43,44);5-7,21-22H,1-4H3,(H,23,24). The van der Waals surface area contributed by atoms with E-state index in [2.05, 4.69) is 6.08 Å². The number of benzene rings is 3. The molecule has 394 valence electrons. The number of hydrogen-bond donors (Lipinski definition) is 6. The Kier molecular flexibility index (Phi) is 15.6. The lowest BCUT2D eigenvalue weighted by molar-refractivity contribution is -0.184. The Morgan fingerprint density at radius 1 is 0.824 bits per heavy atom.